The van der Waals surface area contributed by atoms with Gasteiger partial charge in [0.25, 0.3) is 0 Å². The first-order valence-electron chi connectivity index (χ1n) is 12.7. The molecule has 0 aliphatic carbocycles. The lowest BCUT2D eigenvalue weighted by molar-refractivity contribution is -0.285. The molecule has 10 nitrogen and oxygen atoms in total. The second kappa shape index (κ2) is 13.5. The van der Waals surface area contributed by atoms with E-state index in [1.54, 1.807) is 42.7 Å². The molecule has 0 spiro atoms. The molecule has 2 aromatic carbocycles. The van der Waals surface area contributed by atoms with Gasteiger partial charge >= 0.3 is 24.1 Å². The van der Waals surface area contributed by atoms with Gasteiger partial charge in [0, 0.05) is 41.8 Å². The highest BCUT2D eigenvalue weighted by Gasteiger charge is 2.43. The summed E-state index contributed by atoms with van der Waals surface area (Å²) < 4.78 is 47.9. The van der Waals surface area contributed by atoms with E-state index in [9.17, 15) is 27.6 Å². The quantitative estimate of drug-likeness (QED) is 0.104. The predicted molar refractivity (Wildman–Crippen MR) is 144 cm³/mol. The molecule has 0 aliphatic rings. The van der Waals surface area contributed by atoms with Crippen molar-refractivity contribution in [2.45, 2.75) is 24.9 Å². The first-order valence-corrected chi connectivity index (χ1v) is 12.7. The maximum absolute atomic E-state index is 12.5. The van der Waals surface area contributed by atoms with Crippen molar-refractivity contribution in [1.29, 1.82) is 0 Å². The van der Waals surface area contributed by atoms with Crippen LogP contribution in [0, 0.1) is 0 Å². The lowest BCUT2D eigenvalue weighted by atomic mass is 9.88. The molecule has 1 atom stereocenters. The molecule has 2 aromatic heterocycles. The number of halogens is 3. The summed E-state index contributed by atoms with van der Waals surface area (Å²) in [5.74, 6) is -3.79. The molecule has 1 unspecified atom stereocenters. The summed E-state index contributed by atoms with van der Waals surface area (Å²) in [7, 11) is 1.24. The van der Waals surface area contributed by atoms with Gasteiger partial charge < -0.3 is 19.8 Å². The number of H-pyrrole nitrogens is 1. The van der Waals surface area contributed by atoms with Gasteiger partial charge in [-0.2, -0.15) is 13.2 Å². The predicted octanol–water partition coefficient (Wildman–Crippen LogP) is 5.32. The van der Waals surface area contributed by atoms with Crippen molar-refractivity contribution in [3.8, 4) is 5.75 Å². The van der Waals surface area contributed by atoms with Gasteiger partial charge in [0.05, 0.1) is 25.7 Å². The van der Waals surface area contributed by atoms with Crippen molar-refractivity contribution in [1.82, 2.24) is 9.97 Å². The number of esters is 1. The summed E-state index contributed by atoms with van der Waals surface area (Å²) in [6.07, 6.45) is -1.73. The van der Waals surface area contributed by atoms with Crippen LogP contribution in [-0.4, -0.2) is 54.3 Å². The number of aromatic amines is 1. The topological polar surface area (TPSA) is 129 Å². The van der Waals surface area contributed by atoms with E-state index in [-0.39, 0.29) is 5.56 Å². The van der Waals surface area contributed by atoms with Crippen molar-refractivity contribution < 1.29 is 46.8 Å². The number of methoxy groups -OCH3 is 1. The fourth-order valence-corrected chi connectivity index (χ4v) is 4.16. The van der Waals surface area contributed by atoms with Crippen molar-refractivity contribution >= 4 is 34.6 Å². The van der Waals surface area contributed by atoms with Crippen molar-refractivity contribution in [3.63, 3.8) is 0 Å². The monoisotopic (exact) mass is 585 g/mol. The maximum Gasteiger partial charge on any atom is 0.495 e. The van der Waals surface area contributed by atoms with E-state index < -0.39 is 36.4 Å². The molecule has 0 amide bonds. The van der Waals surface area contributed by atoms with Gasteiger partial charge in [-0.25, -0.2) is 29.1 Å². The van der Waals surface area contributed by atoms with Crippen LogP contribution < -0.4 is 10.1 Å². The van der Waals surface area contributed by atoms with E-state index in [2.05, 4.69) is 25.1 Å². The molecule has 0 saturated carbocycles. The molecule has 0 saturated heterocycles. The zero-order valence-corrected chi connectivity index (χ0v) is 22.3. The van der Waals surface area contributed by atoms with Crippen LogP contribution in [0.2, 0.25) is 0 Å². The van der Waals surface area contributed by atoms with Crippen molar-refractivity contribution in [2.24, 2.45) is 0 Å². The summed E-state index contributed by atoms with van der Waals surface area (Å²) in [6.45, 7) is 1.10. The minimum Gasteiger partial charge on any atom is -0.493 e. The Labute approximate surface area is 237 Å². The standard InChI is InChI=1S/C29H26F3N3O7/c1-39-27(37)19-8-6-18(7-9-19)22(16-26(36)41-42-28(38)29(30,31)32)23-17-35-24-15-20(10-11-21(23)24)40-14-4-13-34-25-5-2-3-12-33-25/h2-3,5-12,15,17,22,35H,4,13-14,16H2,1H3,(H,33,34). The van der Waals surface area contributed by atoms with E-state index in [1.165, 1.54) is 19.2 Å². The second-order valence-corrected chi connectivity index (χ2v) is 8.99. The molecule has 2 N–H and O–H groups in total. The molecule has 13 heteroatoms. The molecule has 42 heavy (non-hydrogen) atoms. The molecule has 0 radical (unpaired) electrons. The van der Waals surface area contributed by atoms with Crippen LogP contribution in [0.3, 0.4) is 0 Å². The summed E-state index contributed by atoms with van der Waals surface area (Å²) in [6, 6.07) is 17.1. The lowest BCUT2D eigenvalue weighted by Crippen LogP contribution is -2.27. The normalized spacial score (nSPS) is 11.9. The first-order chi connectivity index (χ1) is 20.2. The Morgan fingerprint density at radius 3 is 2.50 bits per heavy atom. The number of pyridine rings is 1. The Morgan fingerprint density at radius 1 is 1.02 bits per heavy atom. The third-order valence-electron chi connectivity index (χ3n) is 6.17. The number of benzene rings is 2. The minimum atomic E-state index is -5.32. The Morgan fingerprint density at radius 2 is 1.81 bits per heavy atom. The molecule has 4 aromatic rings. The lowest BCUT2D eigenvalue weighted by Gasteiger charge is -2.17. The number of hydrogen-bond acceptors (Lipinski definition) is 9. The molecule has 220 valence electrons. The smallest absolute Gasteiger partial charge is 0.493 e. The van der Waals surface area contributed by atoms with Gasteiger partial charge in [0.1, 0.15) is 11.6 Å². The van der Waals surface area contributed by atoms with Gasteiger partial charge in [-0.1, -0.05) is 18.2 Å². The van der Waals surface area contributed by atoms with Crippen LogP contribution >= 0.6 is 0 Å². The van der Waals surface area contributed by atoms with Crippen molar-refractivity contribution in [2.75, 3.05) is 25.6 Å². The third-order valence-corrected chi connectivity index (χ3v) is 6.17. The molecule has 4 rings (SSSR count). The van der Waals surface area contributed by atoms with Gasteiger partial charge in [0.2, 0.25) is 0 Å². The van der Waals surface area contributed by atoms with Crippen LogP contribution in [0.1, 0.15) is 40.2 Å². The minimum absolute atomic E-state index is 0.262. The summed E-state index contributed by atoms with van der Waals surface area (Å²) >= 11 is 0. The molecular formula is C29H26F3N3O7. The SMILES string of the molecule is COC(=O)c1ccc(C(CC(=O)OOC(=O)C(F)(F)F)c2c[nH]c3cc(OCCCNc4ccccn4)ccc23)cc1. The summed E-state index contributed by atoms with van der Waals surface area (Å²) in [4.78, 5) is 50.4. The molecule has 0 fully saturated rings. The highest BCUT2D eigenvalue weighted by atomic mass is 19.4. The Kier molecular flexibility index (Phi) is 9.63. The van der Waals surface area contributed by atoms with Crippen LogP contribution in [0.25, 0.3) is 10.9 Å². The number of nitrogens with zero attached hydrogens (tertiary/aromatic N) is 1. The number of anilines is 1. The van der Waals surface area contributed by atoms with Crippen LogP contribution in [0.5, 0.6) is 5.75 Å². The fourth-order valence-electron chi connectivity index (χ4n) is 4.16. The van der Waals surface area contributed by atoms with Gasteiger partial charge in [-0.15, -0.1) is 0 Å². The van der Waals surface area contributed by atoms with E-state index >= 15 is 0 Å². The number of nitrogens with one attached hydrogen (secondary N) is 2. The Bertz CT molecular complexity index is 1520. The average molecular weight is 586 g/mol. The van der Waals surface area contributed by atoms with Gasteiger partial charge in [-0.3, -0.25) is 0 Å². The molecular weight excluding hydrogens is 559 g/mol. The maximum atomic E-state index is 12.5. The highest BCUT2D eigenvalue weighted by Crippen LogP contribution is 2.35. The number of carbonyl (C=O) groups excluding carboxylic acids is 3. The van der Waals surface area contributed by atoms with Crippen molar-refractivity contribution in [3.05, 3.63) is 89.7 Å². The molecule has 0 aliphatic heterocycles. The van der Waals surface area contributed by atoms with Crippen LogP contribution in [0.4, 0.5) is 19.0 Å². The number of ether oxygens (including phenoxy) is 2. The largest absolute Gasteiger partial charge is 0.495 e. The second-order valence-electron chi connectivity index (χ2n) is 8.99. The average Bonchev–Trinajstić information content (AvgIpc) is 3.41. The van der Waals surface area contributed by atoms with E-state index in [0.29, 0.717) is 40.9 Å². The fraction of sp³-hybridized carbons (Fsp3) is 0.241. The van der Waals surface area contributed by atoms with Crippen LogP contribution in [0.15, 0.2) is 73.1 Å². The van der Waals surface area contributed by atoms with Crippen LogP contribution in [-0.2, 0) is 24.1 Å². The number of alkyl halides is 3. The van der Waals surface area contributed by atoms with E-state index in [4.69, 9.17) is 9.47 Å². The number of fused-ring (bicyclic) bond motifs is 1. The number of rotatable bonds is 11. The Hall–Kier alpha value is -5.07. The summed E-state index contributed by atoms with van der Waals surface area (Å²) in [5.41, 5.74) is 2.10. The van der Waals surface area contributed by atoms with E-state index in [0.717, 1.165) is 12.2 Å². The summed E-state index contributed by atoms with van der Waals surface area (Å²) in [5, 5.41) is 3.91. The first kappa shape index (κ1) is 29.9. The van der Waals surface area contributed by atoms with E-state index in [1.807, 2.05) is 18.2 Å². The third kappa shape index (κ3) is 7.77. The van der Waals surface area contributed by atoms with Gasteiger partial charge in [0.15, 0.2) is 0 Å². The zero-order valence-electron chi connectivity index (χ0n) is 22.3. The molecule has 0 bridgehead atoms. The van der Waals surface area contributed by atoms with Gasteiger partial charge in [-0.05, 0) is 53.9 Å². The number of hydrogen-bond donors (Lipinski definition) is 2. The highest BCUT2D eigenvalue weighted by molar-refractivity contribution is 5.90. The molecule has 2 heterocycles. The number of carbonyl (C=O) groups is 3. The zero-order chi connectivity index (χ0) is 30.1. The number of aromatic nitrogens is 2. The Balaban J connectivity index is 1.48.